The molecular formula is C33H34N2O3. The molecule has 0 saturated carbocycles. The van der Waals surface area contributed by atoms with Gasteiger partial charge in [-0.05, 0) is 72.7 Å². The van der Waals surface area contributed by atoms with Gasteiger partial charge in [0.05, 0.1) is 24.6 Å². The number of nitrogens with two attached hydrogens (primary N) is 2. The third kappa shape index (κ3) is 8.27. The zero-order valence-electron chi connectivity index (χ0n) is 21.5. The van der Waals surface area contributed by atoms with Crippen LogP contribution in [0.1, 0.15) is 46.3 Å². The first-order chi connectivity index (χ1) is 18.6. The molecule has 194 valence electrons. The van der Waals surface area contributed by atoms with Gasteiger partial charge < -0.3 is 20.9 Å². The highest BCUT2D eigenvalue weighted by Crippen LogP contribution is 2.22. The quantitative estimate of drug-likeness (QED) is 0.0885. The van der Waals surface area contributed by atoms with E-state index in [1.54, 1.807) is 18.2 Å². The molecule has 0 saturated heterocycles. The molecule has 5 heteroatoms. The minimum atomic E-state index is 0.00588. The van der Waals surface area contributed by atoms with Crippen LogP contribution < -0.4 is 20.9 Å². The fourth-order valence-electron chi connectivity index (χ4n) is 3.96. The van der Waals surface area contributed by atoms with Crippen LogP contribution in [0.2, 0.25) is 0 Å². The lowest BCUT2D eigenvalue weighted by molar-refractivity contribution is 0.104. The number of anilines is 2. The lowest BCUT2D eigenvalue weighted by Gasteiger charge is -2.09. The van der Waals surface area contributed by atoms with Crippen molar-refractivity contribution < 1.29 is 14.3 Å². The number of allylic oxidation sites excluding steroid dienone is 1. The van der Waals surface area contributed by atoms with E-state index >= 15 is 0 Å². The molecule has 0 fully saturated rings. The molecule has 0 amide bonds. The normalized spacial score (nSPS) is 10.9. The van der Waals surface area contributed by atoms with Crippen LogP contribution in [0.3, 0.4) is 0 Å². The van der Waals surface area contributed by atoms with Crippen molar-refractivity contribution in [3.63, 3.8) is 0 Å². The van der Waals surface area contributed by atoms with E-state index in [2.05, 4.69) is 24.3 Å². The predicted molar refractivity (Wildman–Crippen MR) is 156 cm³/mol. The molecule has 0 aliphatic carbocycles. The second-order valence-electron chi connectivity index (χ2n) is 9.17. The van der Waals surface area contributed by atoms with E-state index in [4.69, 9.17) is 20.9 Å². The molecule has 4 N–H and O–H groups in total. The van der Waals surface area contributed by atoms with Crippen molar-refractivity contribution in [2.24, 2.45) is 0 Å². The Morgan fingerprint density at radius 1 is 0.658 bits per heavy atom. The minimum Gasteiger partial charge on any atom is -0.494 e. The van der Waals surface area contributed by atoms with Crippen molar-refractivity contribution in [1.82, 2.24) is 0 Å². The number of rotatable bonds is 13. The first kappa shape index (κ1) is 26.6. The summed E-state index contributed by atoms with van der Waals surface area (Å²) >= 11 is 0. The molecule has 0 atom stereocenters. The zero-order chi connectivity index (χ0) is 26.6. The van der Waals surface area contributed by atoms with E-state index < -0.39 is 0 Å². The second kappa shape index (κ2) is 13.7. The smallest absolute Gasteiger partial charge is 0.185 e. The van der Waals surface area contributed by atoms with Crippen LogP contribution >= 0.6 is 0 Å². The van der Waals surface area contributed by atoms with Gasteiger partial charge in [0.25, 0.3) is 0 Å². The van der Waals surface area contributed by atoms with Crippen LogP contribution in [0, 0.1) is 0 Å². The lowest BCUT2D eigenvalue weighted by Crippen LogP contribution is -2.02. The largest absolute Gasteiger partial charge is 0.494 e. The van der Waals surface area contributed by atoms with Gasteiger partial charge in [0.2, 0.25) is 0 Å². The first-order valence-electron chi connectivity index (χ1n) is 12.9. The fourth-order valence-corrected chi connectivity index (χ4v) is 3.96. The summed E-state index contributed by atoms with van der Waals surface area (Å²) in [5.41, 5.74) is 16.8. The number of unbranched alkanes of at least 4 members (excludes halogenated alkanes) is 2. The summed E-state index contributed by atoms with van der Waals surface area (Å²) in [6.07, 6.45) is 7.25. The third-order valence-electron chi connectivity index (χ3n) is 6.18. The molecular weight excluding hydrogens is 472 g/mol. The summed E-state index contributed by atoms with van der Waals surface area (Å²) in [7, 11) is 0. The highest BCUT2D eigenvalue weighted by atomic mass is 16.5. The Bertz CT molecular complexity index is 1330. The number of carbonyl (C=O) groups excluding carboxylic acids is 1. The Labute approximate surface area is 224 Å². The minimum absolute atomic E-state index is 0.00588. The summed E-state index contributed by atoms with van der Waals surface area (Å²) < 4.78 is 11.6. The number of hydrogen-bond acceptors (Lipinski definition) is 5. The van der Waals surface area contributed by atoms with Gasteiger partial charge in [-0.2, -0.15) is 0 Å². The Morgan fingerprint density at radius 3 is 1.92 bits per heavy atom. The maximum atomic E-state index is 12.2. The maximum Gasteiger partial charge on any atom is 0.185 e. The van der Waals surface area contributed by atoms with Crippen LogP contribution in [-0.4, -0.2) is 19.0 Å². The van der Waals surface area contributed by atoms with E-state index in [9.17, 15) is 4.79 Å². The van der Waals surface area contributed by atoms with Crippen LogP contribution in [-0.2, 0) is 6.42 Å². The molecule has 4 aromatic carbocycles. The van der Waals surface area contributed by atoms with E-state index in [1.165, 1.54) is 11.1 Å². The van der Waals surface area contributed by atoms with Crippen LogP contribution in [0.15, 0.2) is 103 Å². The van der Waals surface area contributed by atoms with Gasteiger partial charge in [-0.1, -0.05) is 72.8 Å². The van der Waals surface area contributed by atoms with Crippen molar-refractivity contribution >= 4 is 23.2 Å². The summed E-state index contributed by atoms with van der Waals surface area (Å²) in [5, 5.41) is 0. The molecule has 0 spiro atoms. The first-order valence-corrected chi connectivity index (χ1v) is 12.9. The Hall–Kier alpha value is -4.51. The average molecular weight is 507 g/mol. The van der Waals surface area contributed by atoms with Gasteiger partial charge in [-0.3, -0.25) is 4.79 Å². The fraction of sp³-hybridized carbons (Fsp3) is 0.182. The summed E-state index contributed by atoms with van der Waals surface area (Å²) in [5.74, 6) is 1.63. The standard InChI is InChI=1S/C33H34N2O3/c34-31-19-18-30(24-32(31)35)38-22-6-2-5-21-37-29-16-13-27(14-17-29)23-26-11-9-25(10-12-26)15-20-33(36)28-7-3-1-4-8-28/h1,3-4,7-20,24H,2,5-6,21-23,34-35H2/b20-15+. The van der Waals surface area contributed by atoms with Crippen LogP contribution in [0.25, 0.3) is 6.08 Å². The zero-order valence-corrected chi connectivity index (χ0v) is 21.5. The predicted octanol–water partition coefficient (Wildman–Crippen LogP) is 6.97. The monoisotopic (exact) mass is 506 g/mol. The Balaban J connectivity index is 1.14. The van der Waals surface area contributed by atoms with E-state index in [-0.39, 0.29) is 5.78 Å². The van der Waals surface area contributed by atoms with Crippen molar-refractivity contribution in [3.05, 3.63) is 125 Å². The van der Waals surface area contributed by atoms with E-state index in [1.807, 2.05) is 66.7 Å². The highest BCUT2D eigenvalue weighted by Gasteiger charge is 2.02. The summed E-state index contributed by atoms with van der Waals surface area (Å²) in [6, 6.07) is 31.2. The van der Waals surface area contributed by atoms with Gasteiger partial charge in [0.1, 0.15) is 11.5 Å². The van der Waals surface area contributed by atoms with Crippen molar-refractivity contribution in [2.75, 3.05) is 24.7 Å². The molecule has 5 nitrogen and oxygen atoms in total. The number of nitrogen functional groups attached to an aromatic ring is 2. The molecule has 0 heterocycles. The molecule has 0 bridgehead atoms. The Morgan fingerprint density at radius 2 is 1.26 bits per heavy atom. The highest BCUT2D eigenvalue weighted by molar-refractivity contribution is 6.06. The molecule has 4 rings (SSSR count). The molecule has 0 aliphatic heterocycles. The molecule has 0 aromatic heterocycles. The number of benzene rings is 4. The van der Waals surface area contributed by atoms with Crippen molar-refractivity contribution in [3.8, 4) is 11.5 Å². The van der Waals surface area contributed by atoms with Crippen molar-refractivity contribution in [2.45, 2.75) is 25.7 Å². The van der Waals surface area contributed by atoms with Gasteiger partial charge in [0, 0.05) is 11.6 Å². The molecule has 0 aliphatic rings. The van der Waals surface area contributed by atoms with Gasteiger partial charge in [-0.25, -0.2) is 0 Å². The number of hydrogen-bond donors (Lipinski definition) is 2. The van der Waals surface area contributed by atoms with E-state index in [0.717, 1.165) is 42.7 Å². The maximum absolute atomic E-state index is 12.2. The molecule has 4 aromatic rings. The van der Waals surface area contributed by atoms with E-state index in [0.29, 0.717) is 30.2 Å². The lowest BCUT2D eigenvalue weighted by atomic mass is 10.0. The number of ether oxygens (including phenoxy) is 2. The summed E-state index contributed by atoms with van der Waals surface area (Å²) in [4.78, 5) is 12.2. The van der Waals surface area contributed by atoms with Crippen LogP contribution in [0.4, 0.5) is 11.4 Å². The number of carbonyl (C=O) groups is 1. The summed E-state index contributed by atoms with van der Waals surface area (Å²) in [6.45, 7) is 1.32. The van der Waals surface area contributed by atoms with Crippen LogP contribution in [0.5, 0.6) is 11.5 Å². The molecule has 0 radical (unpaired) electrons. The van der Waals surface area contributed by atoms with Gasteiger partial charge in [0.15, 0.2) is 5.78 Å². The Kier molecular flexibility index (Phi) is 9.57. The SMILES string of the molecule is Nc1ccc(OCCCCCOc2ccc(Cc3ccc(/C=C/C(=O)c4ccccc4)cc3)cc2)cc1N. The van der Waals surface area contributed by atoms with Gasteiger partial charge in [-0.15, -0.1) is 0 Å². The topological polar surface area (TPSA) is 87.6 Å². The second-order valence-corrected chi connectivity index (χ2v) is 9.17. The average Bonchev–Trinajstić information content (AvgIpc) is 2.95. The van der Waals surface area contributed by atoms with Crippen molar-refractivity contribution in [1.29, 1.82) is 0 Å². The molecule has 0 unspecified atom stereocenters. The van der Waals surface area contributed by atoms with Gasteiger partial charge >= 0.3 is 0 Å². The molecule has 38 heavy (non-hydrogen) atoms. The number of ketones is 1. The third-order valence-corrected chi connectivity index (χ3v) is 6.18.